The third-order valence-corrected chi connectivity index (χ3v) is 3.48. The van der Waals surface area contributed by atoms with Crippen LogP contribution in [0.5, 0.6) is 0 Å². The Bertz CT molecular complexity index is 464. The third-order valence-electron chi connectivity index (χ3n) is 3.48. The number of likely N-dealkylation sites (tertiary alicyclic amines) is 1. The van der Waals surface area contributed by atoms with Gasteiger partial charge in [0, 0.05) is 32.4 Å². The van der Waals surface area contributed by atoms with Crippen LogP contribution in [0.3, 0.4) is 0 Å². The molecule has 0 aromatic carbocycles. The fourth-order valence-electron chi connectivity index (χ4n) is 2.31. The van der Waals surface area contributed by atoms with Gasteiger partial charge in [-0.1, -0.05) is 0 Å². The van der Waals surface area contributed by atoms with E-state index in [1.807, 2.05) is 0 Å². The number of carbonyl (C=O) groups is 1. The van der Waals surface area contributed by atoms with E-state index < -0.39 is 12.1 Å². The van der Waals surface area contributed by atoms with Gasteiger partial charge in [-0.15, -0.1) is 0 Å². The van der Waals surface area contributed by atoms with Gasteiger partial charge in [-0.05, 0) is 12.8 Å². The summed E-state index contributed by atoms with van der Waals surface area (Å²) < 4.78 is 39.3. The fourth-order valence-corrected chi connectivity index (χ4v) is 2.31. The Balaban J connectivity index is 1.94. The van der Waals surface area contributed by atoms with Crippen molar-refractivity contribution in [3.63, 3.8) is 0 Å². The minimum Gasteiger partial charge on any atom is -0.337 e. The summed E-state index contributed by atoms with van der Waals surface area (Å²) in [5, 5.41) is 0. The first-order valence-electron chi connectivity index (χ1n) is 6.49. The summed E-state index contributed by atoms with van der Waals surface area (Å²) in [7, 11) is 0. The van der Waals surface area contributed by atoms with Crippen molar-refractivity contribution in [2.75, 3.05) is 19.6 Å². The molecule has 1 aliphatic rings. The number of nitrogens with zero attached hydrogens (tertiary/aromatic N) is 3. The molecule has 0 aliphatic carbocycles. The molecule has 1 aliphatic heterocycles. The Morgan fingerprint density at radius 3 is 2.60 bits per heavy atom. The normalized spacial score (nSPS) is 17.5. The molecule has 1 amide bonds. The lowest BCUT2D eigenvalue weighted by Crippen LogP contribution is -2.42. The monoisotopic (exact) mass is 290 g/mol. The zero-order valence-electron chi connectivity index (χ0n) is 10.9. The van der Waals surface area contributed by atoms with Gasteiger partial charge in [0.1, 0.15) is 5.69 Å². The van der Waals surface area contributed by atoms with Crippen molar-refractivity contribution in [2.24, 2.45) is 11.7 Å². The molecule has 8 heteroatoms. The molecule has 5 nitrogen and oxygen atoms in total. The number of piperidine rings is 1. The average Bonchev–Trinajstić information content (AvgIpc) is 2.86. The molecule has 2 heterocycles. The van der Waals surface area contributed by atoms with Crippen molar-refractivity contribution >= 4 is 5.91 Å². The van der Waals surface area contributed by atoms with Crippen molar-refractivity contribution < 1.29 is 18.0 Å². The summed E-state index contributed by atoms with van der Waals surface area (Å²) in [6.07, 6.45) is -1.18. The van der Waals surface area contributed by atoms with E-state index in [0.29, 0.717) is 13.1 Å². The number of halogens is 3. The number of hydrogen-bond acceptors (Lipinski definition) is 3. The average molecular weight is 290 g/mol. The number of rotatable bonds is 3. The molecular weight excluding hydrogens is 273 g/mol. The van der Waals surface area contributed by atoms with Gasteiger partial charge in [-0.2, -0.15) is 13.2 Å². The molecule has 1 fully saturated rings. The molecule has 0 unspecified atom stereocenters. The molecule has 0 radical (unpaired) electrons. The predicted molar refractivity (Wildman–Crippen MR) is 66.0 cm³/mol. The molecule has 0 atom stereocenters. The van der Waals surface area contributed by atoms with E-state index in [9.17, 15) is 18.0 Å². The van der Waals surface area contributed by atoms with Crippen molar-refractivity contribution in [2.45, 2.75) is 25.6 Å². The number of aromatic nitrogens is 2. The quantitative estimate of drug-likeness (QED) is 0.911. The number of imidazole rings is 1. The molecule has 0 saturated carbocycles. The van der Waals surface area contributed by atoms with E-state index in [4.69, 9.17) is 5.73 Å². The lowest BCUT2D eigenvalue weighted by Gasteiger charge is -2.32. The van der Waals surface area contributed by atoms with Gasteiger partial charge in [-0.25, -0.2) is 4.98 Å². The van der Waals surface area contributed by atoms with Crippen LogP contribution in [0.2, 0.25) is 0 Å². The minimum absolute atomic E-state index is 0.0429. The Kier molecular flexibility index (Phi) is 4.32. The standard InChI is InChI=1S/C12H17F3N4O/c13-12(14,15)9-1-4-19(5-2-9)11(20)10-7-18(6-3-16)8-17-10/h7-9H,1-6,16H2. The van der Waals surface area contributed by atoms with E-state index in [1.54, 1.807) is 10.8 Å². The molecule has 20 heavy (non-hydrogen) atoms. The highest BCUT2D eigenvalue weighted by Gasteiger charge is 2.41. The summed E-state index contributed by atoms with van der Waals surface area (Å²) >= 11 is 0. The second-order valence-corrected chi connectivity index (χ2v) is 4.89. The highest BCUT2D eigenvalue weighted by atomic mass is 19.4. The molecular formula is C12H17F3N4O. The maximum absolute atomic E-state index is 12.5. The highest BCUT2D eigenvalue weighted by Crippen LogP contribution is 2.34. The second kappa shape index (κ2) is 5.82. The van der Waals surface area contributed by atoms with Crippen LogP contribution in [0.1, 0.15) is 23.3 Å². The smallest absolute Gasteiger partial charge is 0.337 e. The lowest BCUT2D eigenvalue weighted by molar-refractivity contribution is -0.183. The molecule has 1 aromatic rings. The number of carbonyl (C=O) groups excluding carboxylic acids is 1. The Labute approximate surface area is 114 Å². The molecule has 1 aromatic heterocycles. The molecule has 0 bridgehead atoms. The van der Waals surface area contributed by atoms with Crippen molar-refractivity contribution in [1.29, 1.82) is 0 Å². The van der Waals surface area contributed by atoms with Gasteiger partial charge in [0.15, 0.2) is 0 Å². The van der Waals surface area contributed by atoms with Crippen LogP contribution >= 0.6 is 0 Å². The van der Waals surface area contributed by atoms with E-state index in [2.05, 4.69) is 4.98 Å². The zero-order chi connectivity index (χ0) is 14.8. The zero-order valence-corrected chi connectivity index (χ0v) is 10.9. The highest BCUT2D eigenvalue weighted by molar-refractivity contribution is 5.92. The molecule has 0 spiro atoms. The van der Waals surface area contributed by atoms with E-state index in [1.165, 1.54) is 11.2 Å². The predicted octanol–water partition coefficient (Wildman–Crippen LogP) is 1.26. The van der Waals surface area contributed by atoms with Crippen molar-refractivity contribution in [3.05, 3.63) is 18.2 Å². The van der Waals surface area contributed by atoms with E-state index in [-0.39, 0.29) is 37.5 Å². The Morgan fingerprint density at radius 2 is 2.05 bits per heavy atom. The van der Waals surface area contributed by atoms with Crippen LogP contribution in [0, 0.1) is 5.92 Å². The first-order chi connectivity index (χ1) is 9.41. The Morgan fingerprint density at radius 1 is 1.40 bits per heavy atom. The molecule has 2 N–H and O–H groups in total. The van der Waals surface area contributed by atoms with Gasteiger partial charge in [-0.3, -0.25) is 4.79 Å². The summed E-state index contributed by atoms with van der Waals surface area (Å²) in [6, 6.07) is 0. The maximum Gasteiger partial charge on any atom is 0.391 e. The SMILES string of the molecule is NCCn1cnc(C(=O)N2CCC(C(F)(F)F)CC2)c1. The van der Waals surface area contributed by atoms with Gasteiger partial charge in [0.25, 0.3) is 5.91 Å². The summed E-state index contributed by atoms with van der Waals surface area (Å²) in [6.45, 7) is 1.22. The van der Waals surface area contributed by atoms with Gasteiger partial charge in [0.05, 0.1) is 12.2 Å². The number of nitrogens with two attached hydrogens (primary N) is 1. The van der Waals surface area contributed by atoms with Crippen LogP contribution < -0.4 is 5.73 Å². The van der Waals surface area contributed by atoms with Crippen molar-refractivity contribution in [1.82, 2.24) is 14.5 Å². The third kappa shape index (κ3) is 3.30. The minimum atomic E-state index is -4.17. The van der Waals surface area contributed by atoms with Crippen LogP contribution in [-0.2, 0) is 6.54 Å². The Hall–Kier alpha value is -1.57. The molecule has 1 saturated heterocycles. The molecule has 2 rings (SSSR count). The summed E-state index contributed by atoms with van der Waals surface area (Å²) in [5.41, 5.74) is 5.65. The van der Waals surface area contributed by atoms with E-state index >= 15 is 0 Å². The topological polar surface area (TPSA) is 64.2 Å². The summed E-state index contributed by atoms with van der Waals surface area (Å²) in [4.78, 5) is 17.5. The number of amides is 1. The van der Waals surface area contributed by atoms with Gasteiger partial charge < -0.3 is 15.2 Å². The van der Waals surface area contributed by atoms with Crippen LogP contribution in [0.15, 0.2) is 12.5 Å². The lowest BCUT2D eigenvalue weighted by atomic mass is 9.96. The maximum atomic E-state index is 12.5. The number of alkyl halides is 3. The first kappa shape index (κ1) is 14.8. The van der Waals surface area contributed by atoms with Crippen LogP contribution in [0.4, 0.5) is 13.2 Å². The first-order valence-corrected chi connectivity index (χ1v) is 6.49. The van der Waals surface area contributed by atoms with Crippen LogP contribution in [-0.4, -0.2) is 46.2 Å². The van der Waals surface area contributed by atoms with Crippen LogP contribution in [0.25, 0.3) is 0 Å². The van der Waals surface area contributed by atoms with Gasteiger partial charge in [0.2, 0.25) is 0 Å². The fraction of sp³-hybridized carbons (Fsp3) is 0.667. The van der Waals surface area contributed by atoms with Gasteiger partial charge >= 0.3 is 6.18 Å². The second-order valence-electron chi connectivity index (χ2n) is 4.89. The largest absolute Gasteiger partial charge is 0.391 e. The van der Waals surface area contributed by atoms with Crippen molar-refractivity contribution in [3.8, 4) is 0 Å². The summed E-state index contributed by atoms with van der Waals surface area (Å²) in [5.74, 6) is -1.62. The van der Waals surface area contributed by atoms with E-state index in [0.717, 1.165) is 0 Å². The molecule has 112 valence electrons. The number of hydrogen-bond donors (Lipinski definition) is 1.